The van der Waals surface area contributed by atoms with Gasteiger partial charge in [-0.25, -0.2) is 0 Å². The highest BCUT2D eigenvalue weighted by Crippen LogP contribution is 2.43. The number of hydroxylamine groups is 1. The van der Waals surface area contributed by atoms with Crippen LogP contribution in [-0.2, 0) is 20.8 Å². The lowest BCUT2D eigenvalue weighted by Crippen LogP contribution is -2.25. The first-order chi connectivity index (χ1) is 17.7. The van der Waals surface area contributed by atoms with Gasteiger partial charge in [-0.3, -0.25) is 4.79 Å². The molecule has 1 aromatic heterocycles. The molecule has 1 heterocycles. The largest absolute Gasteiger partial charge is 0.465 e. The van der Waals surface area contributed by atoms with E-state index in [2.05, 4.69) is 55.8 Å². The Bertz CT molecular complexity index is 1120. The third-order valence-corrected chi connectivity index (χ3v) is 6.83. The number of nitrogens with one attached hydrogen (secondary N) is 2. The molecule has 37 heavy (non-hydrogen) atoms. The second-order valence-corrected chi connectivity index (χ2v) is 10.3. The van der Waals surface area contributed by atoms with E-state index in [-0.39, 0.29) is 17.9 Å². The molecule has 1 aliphatic carbocycles. The van der Waals surface area contributed by atoms with Gasteiger partial charge in [0.1, 0.15) is 5.76 Å². The van der Waals surface area contributed by atoms with Gasteiger partial charge in [0.25, 0.3) is 5.89 Å². The molecule has 1 aliphatic rings. The Morgan fingerprint density at radius 2 is 1.97 bits per heavy atom. The molecule has 0 atom stereocenters. The van der Waals surface area contributed by atoms with E-state index in [1.54, 1.807) is 7.05 Å². The molecule has 0 bridgehead atoms. The maximum Gasteiger partial charge on any atom is 0.319 e. The molecule has 0 radical (unpaired) electrons. The van der Waals surface area contributed by atoms with E-state index in [1.807, 2.05) is 19.9 Å². The van der Waals surface area contributed by atoms with Crippen LogP contribution >= 0.6 is 0 Å². The number of nitrogens with zero attached hydrogens (tertiary/aromatic N) is 2. The molecule has 0 spiro atoms. The Labute approximate surface area is 220 Å². The number of ether oxygens (including phenoxy) is 1. The molecule has 8 nitrogen and oxygen atoms in total. The molecule has 2 N–H and O–H groups in total. The SMILES string of the molecule is CC=C(C1=C(ONC)CC(C)(C)CC1)c1nc(-c2cc(C)c(CCCNCC(=O)OCC)c(C)c2)no1. The van der Waals surface area contributed by atoms with Crippen LogP contribution in [0.3, 0.4) is 0 Å². The van der Waals surface area contributed by atoms with Crippen LogP contribution in [0.25, 0.3) is 17.0 Å². The molecular weight excluding hydrogens is 468 g/mol. The summed E-state index contributed by atoms with van der Waals surface area (Å²) in [7, 11) is 1.78. The van der Waals surface area contributed by atoms with E-state index in [0.29, 0.717) is 18.3 Å². The minimum absolute atomic E-state index is 0.183. The van der Waals surface area contributed by atoms with Crippen LogP contribution < -0.4 is 10.8 Å². The second-order valence-electron chi connectivity index (χ2n) is 10.3. The standard InChI is InChI=1S/C29H42N4O4/c1-8-22(24-12-13-29(5,6)17-25(24)36-30-7)28-32-27(33-37-28)21-15-19(3)23(20(4)16-21)11-10-14-31-18-26(34)35-9-2/h8,15-16,30-31H,9-14,17-18H2,1-7H3. The molecule has 202 valence electrons. The van der Waals surface area contributed by atoms with Gasteiger partial charge >= 0.3 is 5.97 Å². The highest BCUT2D eigenvalue weighted by molar-refractivity contribution is 5.76. The average molecular weight is 511 g/mol. The summed E-state index contributed by atoms with van der Waals surface area (Å²) in [5.74, 6) is 1.81. The van der Waals surface area contributed by atoms with Crippen LogP contribution in [0.4, 0.5) is 0 Å². The second kappa shape index (κ2) is 13.0. The lowest BCUT2D eigenvalue weighted by atomic mass is 9.75. The highest BCUT2D eigenvalue weighted by atomic mass is 16.6. The first kappa shape index (κ1) is 28.6. The van der Waals surface area contributed by atoms with Crippen molar-refractivity contribution in [2.45, 2.75) is 73.6 Å². The lowest BCUT2D eigenvalue weighted by Gasteiger charge is -2.32. The Morgan fingerprint density at radius 3 is 2.62 bits per heavy atom. The summed E-state index contributed by atoms with van der Waals surface area (Å²) >= 11 is 0. The van der Waals surface area contributed by atoms with Crippen molar-refractivity contribution in [2.24, 2.45) is 5.41 Å². The molecule has 2 aromatic rings. The Hall–Kier alpha value is -2.97. The molecule has 0 unspecified atom stereocenters. The molecular formula is C29H42N4O4. The van der Waals surface area contributed by atoms with Crippen molar-refractivity contribution in [1.82, 2.24) is 20.9 Å². The van der Waals surface area contributed by atoms with Gasteiger partial charge in [-0.05, 0) is 94.2 Å². The van der Waals surface area contributed by atoms with E-state index < -0.39 is 0 Å². The Balaban J connectivity index is 1.73. The Kier molecular flexibility index (Phi) is 10.1. The smallest absolute Gasteiger partial charge is 0.319 e. The fourth-order valence-corrected chi connectivity index (χ4v) is 4.92. The molecule has 1 aromatic carbocycles. The van der Waals surface area contributed by atoms with Crippen molar-refractivity contribution in [3.63, 3.8) is 0 Å². The average Bonchev–Trinajstić information content (AvgIpc) is 3.32. The number of carbonyl (C=O) groups excluding carboxylic acids is 1. The van der Waals surface area contributed by atoms with E-state index in [4.69, 9.17) is 19.1 Å². The first-order valence-corrected chi connectivity index (χ1v) is 13.2. The van der Waals surface area contributed by atoms with Crippen molar-refractivity contribution >= 4 is 11.5 Å². The van der Waals surface area contributed by atoms with Crippen LogP contribution in [-0.4, -0.2) is 42.9 Å². The summed E-state index contributed by atoms with van der Waals surface area (Å²) in [6, 6.07) is 4.24. The quantitative estimate of drug-likeness (QED) is 0.221. The summed E-state index contributed by atoms with van der Waals surface area (Å²) in [6.45, 7) is 14.0. The fourth-order valence-electron chi connectivity index (χ4n) is 4.92. The summed E-state index contributed by atoms with van der Waals surface area (Å²) < 4.78 is 10.7. The summed E-state index contributed by atoms with van der Waals surface area (Å²) in [4.78, 5) is 22.1. The van der Waals surface area contributed by atoms with Gasteiger partial charge < -0.3 is 19.4 Å². The maximum atomic E-state index is 11.5. The number of hydrogen-bond donors (Lipinski definition) is 2. The zero-order valence-electron chi connectivity index (χ0n) is 23.4. The topological polar surface area (TPSA) is 98.5 Å². The number of carbonyl (C=O) groups is 1. The number of esters is 1. The molecule has 8 heteroatoms. The molecule has 0 amide bonds. The van der Waals surface area contributed by atoms with Gasteiger partial charge in [0.05, 0.1) is 13.2 Å². The molecule has 0 saturated heterocycles. The van der Waals surface area contributed by atoms with E-state index in [1.165, 1.54) is 16.7 Å². The monoisotopic (exact) mass is 510 g/mol. The van der Waals surface area contributed by atoms with Crippen LogP contribution in [0.1, 0.15) is 76.0 Å². The van der Waals surface area contributed by atoms with Crippen molar-refractivity contribution in [3.05, 3.63) is 52.1 Å². The number of aromatic nitrogens is 2. The van der Waals surface area contributed by atoms with Crippen molar-refractivity contribution in [2.75, 3.05) is 26.7 Å². The summed E-state index contributed by atoms with van der Waals surface area (Å²) in [5.41, 5.74) is 9.71. The van der Waals surface area contributed by atoms with Crippen molar-refractivity contribution in [3.8, 4) is 11.4 Å². The fraction of sp³-hybridized carbons (Fsp3) is 0.552. The van der Waals surface area contributed by atoms with E-state index in [0.717, 1.165) is 61.1 Å². The first-order valence-electron chi connectivity index (χ1n) is 13.2. The minimum Gasteiger partial charge on any atom is -0.465 e. The van der Waals surface area contributed by atoms with Crippen molar-refractivity contribution < 1.29 is 18.9 Å². The van der Waals surface area contributed by atoms with E-state index >= 15 is 0 Å². The number of benzene rings is 1. The number of rotatable bonds is 12. The molecule has 3 rings (SSSR count). The maximum absolute atomic E-state index is 11.5. The van der Waals surface area contributed by atoms with E-state index in [9.17, 15) is 4.79 Å². The van der Waals surface area contributed by atoms with Gasteiger partial charge in [-0.15, -0.1) is 0 Å². The van der Waals surface area contributed by atoms with Gasteiger partial charge in [0.2, 0.25) is 5.82 Å². The molecule has 0 fully saturated rings. The zero-order chi connectivity index (χ0) is 27.0. The molecule has 0 aliphatic heterocycles. The number of hydrogen-bond acceptors (Lipinski definition) is 8. The van der Waals surface area contributed by atoms with Gasteiger partial charge in [0.15, 0.2) is 0 Å². The normalized spacial score (nSPS) is 15.7. The van der Waals surface area contributed by atoms with Crippen molar-refractivity contribution in [1.29, 1.82) is 0 Å². The zero-order valence-corrected chi connectivity index (χ0v) is 23.4. The highest BCUT2D eigenvalue weighted by Gasteiger charge is 2.31. The van der Waals surface area contributed by atoms with Gasteiger partial charge in [-0.2, -0.15) is 10.5 Å². The van der Waals surface area contributed by atoms with Crippen LogP contribution in [0.2, 0.25) is 0 Å². The molecule has 0 saturated carbocycles. The number of aryl methyl sites for hydroxylation is 2. The summed E-state index contributed by atoms with van der Waals surface area (Å²) in [6.07, 6.45) is 6.69. The lowest BCUT2D eigenvalue weighted by molar-refractivity contribution is -0.141. The third-order valence-electron chi connectivity index (χ3n) is 6.83. The summed E-state index contributed by atoms with van der Waals surface area (Å²) in [5, 5.41) is 7.47. The number of allylic oxidation sites excluding steroid dienone is 4. The Morgan fingerprint density at radius 1 is 1.24 bits per heavy atom. The van der Waals surface area contributed by atoms with Gasteiger partial charge in [0, 0.05) is 30.2 Å². The van der Waals surface area contributed by atoms with Crippen LogP contribution in [0.5, 0.6) is 0 Å². The minimum atomic E-state index is -0.214. The van der Waals surface area contributed by atoms with Crippen LogP contribution in [0, 0.1) is 19.3 Å². The van der Waals surface area contributed by atoms with Crippen LogP contribution in [0.15, 0.2) is 34.1 Å². The predicted molar refractivity (Wildman–Crippen MR) is 145 cm³/mol. The third kappa shape index (κ3) is 7.52. The van der Waals surface area contributed by atoms with Gasteiger partial charge in [-0.1, -0.05) is 25.1 Å². The predicted octanol–water partition coefficient (Wildman–Crippen LogP) is 5.46.